The summed E-state index contributed by atoms with van der Waals surface area (Å²) in [4.78, 5) is 9.27. The lowest BCUT2D eigenvalue weighted by atomic mass is 10.5. The van der Waals surface area contributed by atoms with E-state index in [1.807, 2.05) is 0 Å². The number of carboxylic acid groups (broad SMARTS) is 1. The molecular formula is C3H11N3O3. The van der Waals surface area contributed by atoms with E-state index in [2.05, 4.69) is 0 Å². The van der Waals surface area contributed by atoms with Gasteiger partial charge in [0.25, 0.3) is 0 Å². The number of hydrogen-bond acceptors (Lipinski definition) is 4. The highest BCUT2D eigenvalue weighted by atomic mass is 16.4. The normalized spacial score (nSPS) is 4.33. The molecule has 0 aromatic rings. The Balaban J connectivity index is -0.0000000417. The van der Waals surface area contributed by atoms with E-state index in [1.54, 1.807) is 0 Å². The third-order valence-corrected chi connectivity index (χ3v) is 0.223. The van der Waals surface area contributed by atoms with Gasteiger partial charge >= 0.3 is 0 Å². The molecular weight excluding hydrogens is 126 g/mol. The van der Waals surface area contributed by atoms with Gasteiger partial charge in [-0.15, -0.1) is 0 Å². The van der Waals surface area contributed by atoms with Crippen molar-refractivity contribution in [3.8, 4) is 6.07 Å². The van der Waals surface area contributed by atoms with Crippen LogP contribution in [0.1, 0.15) is 6.42 Å². The van der Waals surface area contributed by atoms with Crippen molar-refractivity contribution < 1.29 is 15.4 Å². The minimum Gasteiger partial charge on any atom is -0.870 e. The maximum absolute atomic E-state index is 9.27. The van der Waals surface area contributed by atoms with Gasteiger partial charge in [0.1, 0.15) is 0 Å². The number of carboxylic acids is 1. The third-order valence-electron chi connectivity index (χ3n) is 0.223. The molecule has 0 aliphatic heterocycles. The summed E-state index contributed by atoms with van der Waals surface area (Å²) in [5, 5.41) is 16.8. The fourth-order valence-corrected chi connectivity index (χ4v) is 0.0645. The van der Waals surface area contributed by atoms with Gasteiger partial charge in [0.05, 0.1) is 18.5 Å². The van der Waals surface area contributed by atoms with Crippen LogP contribution < -0.4 is 17.4 Å². The van der Waals surface area contributed by atoms with Crippen molar-refractivity contribution in [2.45, 2.75) is 6.42 Å². The molecule has 0 saturated heterocycles. The van der Waals surface area contributed by atoms with Crippen molar-refractivity contribution in [3.05, 3.63) is 0 Å². The predicted octanol–water partition coefficient (Wildman–Crippen LogP) is -0.774. The summed E-state index contributed by atoms with van der Waals surface area (Å²) in [5.74, 6) is -1.32. The van der Waals surface area contributed by atoms with Crippen LogP contribution in [0.2, 0.25) is 0 Å². The Bertz CT molecular complexity index is 97.0. The molecule has 56 valence electrons. The number of carbonyl (C=O) groups is 1. The van der Waals surface area contributed by atoms with Crippen LogP contribution in [0.4, 0.5) is 0 Å². The van der Waals surface area contributed by atoms with Crippen LogP contribution in [0.25, 0.3) is 0 Å². The Morgan fingerprint density at radius 2 is 1.89 bits per heavy atom. The quantitative estimate of drug-likeness (QED) is 0.483. The first-order chi connectivity index (χ1) is 2.77. The Kier molecular flexibility index (Phi) is 43.7. The first-order valence-corrected chi connectivity index (χ1v) is 1.34. The van der Waals surface area contributed by atoms with Crippen molar-refractivity contribution in [2.24, 2.45) is 0 Å². The van der Waals surface area contributed by atoms with Gasteiger partial charge < -0.3 is 27.7 Å². The highest BCUT2D eigenvalue weighted by Gasteiger charge is 1.73. The summed E-state index contributed by atoms with van der Waals surface area (Å²) in [5.41, 5.74) is 0. The van der Waals surface area contributed by atoms with E-state index < -0.39 is 12.4 Å². The number of hydrogen-bond donors (Lipinski definition) is 2. The summed E-state index contributed by atoms with van der Waals surface area (Å²) in [6.07, 6.45) is -0.514. The van der Waals surface area contributed by atoms with E-state index in [0.717, 1.165) is 0 Å². The molecule has 0 fully saturated rings. The molecule has 0 amide bonds. The summed E-state index contributed by atoms with van der Waals surface area (Å²) >= 11 is 0. The monoisotopic (exact) mass is 137 g/mol. The van der Waals surface area contributed by atoms with Crippen molar-refractivity contribution in [2.75, 3.05) is 0 Å². The van der Waals surface area contributed by atoms with Crippen LogP contribution in [0.15, 0.2) is 0 Å². The fourth-order valence-electron chi connectivity index (χ4n) is 0.0645. The molecule has 0 bridgehead atoms. The second-order valence-corrected chi connectivity index (χ2v) is 0.707. The standard InChI is InChI=1S/C3H3NO2.2H3N.H2O/c4-2-1-3(5)6;;;/h1H2,(H,5,6);2*1H3;1H2. The second-order valence-electron chi connectivity index (χ2n) is 0.707. The molecule has 0 saturated carbocycles. The summed E-state index contributed by atoms with van der Waals surface area (Å²) in [7, 11) is 0. The molecule has 0 atom stereocenters. The fraction of sp³-hybridized carbons (Fsp3) is 0.333. The van der Waals surface area contributed by atoms with Crippen molar-refractivity contribution in [1.29, 1.82) is 5.26 Å². The smallest absolute Gasteiger partial charge is 0.0747 e. The van der Waals surface area contributed by atoms with Gasteiger partial charge in [-0.05, 0) is 0 Å². The zero-order chi connectivity index (χ0) is 4.99. The van der Waals surface area contributed by atoms with Crippen molar-refractivity contribution >= 4 is 5.97 Å². The van der Waals surface area contributed by atoms with E-state index >= 15 is 0 Å². The maximum atomic E-state index is 9.27. The molecule has 0 aliphatic carbocycles. The van der Waals surface area contributed by atoms with Crippen LogP contribution >= 0.6 is 0 Å². The van der Waals surface area contributed by atoms with Gasteiger partial charge in [-0.3, -0.25) is 0 Å². The summed E-state index contributed by atoms with van der Waals surface area (Å²) < 4.78 is 0. The first kappa shape index (κ1) is 24.9. The lowest BCUT2D eigenvalue weighted by Crippen LogP contribution is -2.20. The van der Waals surface area contributed by atoms with Crippen LogP contribution in [-0.2, 0) is 4.79 Å². The van der Waals surface area contributed by atoms with E-state index in [9.17, 15) is 9.90 Å². The average molecular weight is 137 g/mol. The topological polar surface area (TPSA) is 167 Å². The second kappa shape index (κ2) is 15.8. The van der Waals surface area contributed by atoms with Crippen LogP contribution in [0, 0.1) is 11.3 Å². The molecule has 0 spiro atoms. The lowest BCUT2D eigenvalue weighted by Gasteiger charge is -1.85. The highest BCUT2D eigenvalue weighted by molar-refractivity contribution is 5.66. The number of carbonyl (C=O) groups excluding carboxylic acids is 1. The summed E-state index contributed by atoms with van der Waals surface area (Å²) in [6.45, 7) is 0. The molecule has 9 heavy (non-hydrogen) atoms. The van der Waals surface area contributed by atoms with Crippen molar-refractivity contribution in [3.63, 3.8) is 0 Å². The Hall–Kier alpha value is -1.16. The zero-order valence-electron chi connectivity index (χ0n) is 5.42. The average Bonchev–Trinajstić information content (AvgIpc) is 1.35. The molecule has 0 radical (unpaired) electrons. The van der Waals surface area contributed by atoms with E-state index in [1.165, 1.54) is 6.07 Å². The lowest BCUT2D eigenvalue weighted by molar-refractivity contribution is -0.304. The Morgan fingerprint density at radius 1 is 1.56 bits per heavy atom. The SMILES string of the molecule is N#CCC(=O)[O-].[NH4+].[NH4+].[OH-]. The summed E-state index contributed by atoms with van der Waals surface area (Å²) in [6, 6.07) is 1.41. The van der Waals surface area contributed by atoms with E-state index in [-0.39, 0.29) is 17.8 Å². The molecule has 6 heteroatoms. The largest absolute Gasteiger partial charge is 0.870 e. The molecule has 0 aromatic heterocycles. The Morgan fingerprint density at radius 3 is 1.89 bits per heavy atom. The molecule has 9 N–H and O–H groups in total. The minimum atomic E-state index is -1.32. The zero-order valence-corrected chi connectivity index (χ0v) is 5.42. The third kappa shape index (κ3) is 47.3. The van der Waals surface area contributed by atoms with Crippen LogP contribution in [-0.4, -0.2) is 11.4 Å². The van der Waals surface area contributed by atoms with E-state index in [4.69, 9.17) is 5.26 Å². The number of quaternary nitrogens is 2. The van der Waals surface area contributed by atoms with Gasteiger partial charge in [0.15, 0.2) is 0 Å². The molecule has 6 nitrogen and oxygen atoms in total. The van der Waals surface area contributed by atoms with Gasteiger partial charge in [0.2, 0.25) is 0 Å². The van der Waals surface area contributed by atoms with Gasteiger partial charge in [0, 0.05) is 0 Å². The predicted molar refractivity (Wildman–Crippen MR) is 29.1 cm³/mol. The molecule has 0 aromatic carbocycles. The Labute approximate surface area is 52.6 Å². The van der Waals surface area contributed by atoms with Gasteiger partial charge in [-0.1, -0.05) is 0 Å². The molecule has 0 heterocycles. The molecule has 0 aliphatic rings. The van der Waals surface area contributed by atoms with E-state index in [0.29, 0.717) is 0 Å². The number of rotatable bonds is 1. The minimum absolute atomic E-state index is 0. The van der Waals surface area contributed by atoms with Crippen LogP contribution in [0.5, 0.6) is 0 Å². The maximum Gasteiger partial charge on any atom is 0.0747 e. The highest BCUT2D eigenvalue weighted by Crippen LogP contribution is 1.63. The number of nitriles is 1. The number of aliphatic carboxylic acids is 1. The first-order valence-electron chi connectivity index (χ1n) is 1.34. The molecule has 0 unspecified atom stereocenters. The van der Waals surface area contributed by atoms with Crippen LogP contribution in [0.3, 0.4) is 0 Å². The van der Waals surface area contributed by atoms with Gasteiger partial charge in [-0.25, -0.2) is 0 Å². The number of nitrogens with zero attached hydrogens (tertiary/aromatic N) is 1. The van der Waals surface area contributed by atoms with Gasteiger partial charge in [-0.2, -0.15) is 5.26 Å². The molecule has 0 rings (SSSR count). The van der Waals surface area contributed by atoms with Crippen molar-refractivity contribution in [1.82, 2.24) is 12.3 Å².